The fourth-order valence-corrected chi connectivity index (χ4v) is 5.11. The predicted molar refractivity (Wildman–Crippen MR) is 126 cm³/mol. The van der Waals surface area contributed by atoms with Crippen LogP contribution in [0.15, 0.2) is 35.3 Å². The minimum Gasteiger partial charge on any atom is -0.381 e. The van der Waals surface area contributed by atoms with E-state index in [4.69, 9.17) is 0 Å². The van der Waals surface area contributed by atoms with Gasteiger partial charge in [-0.2, -0.15) is 0 Å². The molecule has 1 aromatic carbocycles. The van der Waals surface area contributed by atoms with E-state index in [-0.39, 0.29) is 48.1 Å². The maximum absolute atomic E-state index is 14.6. The molecule has 3 aliphatic rings. The van der Waals surface area contributed by atoms with E-state index in [0.29, 0.717) is 11.8 Å². The molecule has 2 aromatic rings. The van der Waals surface area contributed by atoms with Crippen LogP contribution in [0.25, 0.3) is 0 Å². The molecule has 1 aliphatic heterocycles. The molecule has 0 spiro atoms. The lowest BCUT2D eigenvalue weighted by Gasteiger charge is -2.22. The van der Waals surface area contributed by atoms with Gasteiger partial charge >= 0.3 is 0 Å². The number of anilines is 1. The first-order valence-electron chi connectivity index (χ1n) is 11.5. The quantitative estimate of drug-likeness (QED) is 0.445. The first kappa shape index (κ1) is 26.4. The molecule has 196 valence electrons. The number of carbonyl (C=O) groups is 1. The second kappa shape index (κ2) is 9.66. The van der Waals surface area contributed by atoms with E-state index in [0.717, 1.165) is 36.0 Å². The summed E-state index contributed by atoms with van der Waals surface area (Å²) in [6, 6.07) is 3.73. The first-order chi connectivity index (χ1) is 16.6. The molecule has 3 N–H and O–H groups in total. The van der Waals surface area contributed by atoms with Gasteiger partial charge in [0.05, 0.1) is 22.9 Å². The Balaban J connectivity index is 0.00000304. The van der Waals surface area contributed by atoms with Crippen LogP contribution in [0.3, 0.4) is 0 Å². The molecule has 0 bridgehead atoms. The molecule has 2 aliphatic carbocycles. The van der Waals surface area contributed by atoms with Gasteiger partial charge in [-0.05, 0) is 31.6 Å². The van der Waals surface area contributed by atoms with Crippen molar-refractivity contribution >= 4 is 24.0 Å². The number of rotatable bonds is 8. The monoisotopic (exact) mass is 532 g/mol. The Morgan fingerprint density at radius 1 is 1.14 bits per heavy atom. The lowest BCUT2D eigenvalue weighted by atomic mass is 10.0. The summed E-state index contributed by atoms with van der Waals surface area (Å²) in [6.45, 7) is 3.03. The zero-order valence-corrected chi connectivity index (χ0v) is 20.1. The average Bonchev–Trinajstić information content (AvgIpc) is 3.68. The number of aromatic nitrogens is 1. The van der Waals surface area contributed by atoms with Crippen molar-refractivity contribution in [2.45, 2.75) is 50.2 Å². The maximum atomic E-state index is 14.6. The molecule has 6 nitrogen and oxygen atoms in total. The number of hydrogen-bond acceptors (Lipinski definition) is 4. The minimum absolute atomic E-state index is 0. The van der Waals surface area contributed by atoms with Crippen molar-refractivity contribution in [3.05, 3.63) is 63.3 Å². The lowest BCUT2D eigenvalue weighted by molar-refractivity contribution is 0.0648. The molecule has 4 atom stereocenters. The number of fused-ring (bicyclic) bond motifs is 1. The standard InChI is InChI=1S/C24H25F5N4O2.ClH/c1-11(12-3-2-4-13(19(12)25)21(26)27)31-22(35)16-10-33(24(5-6-24)23(28)29)18(34)7-17(16)32-20-14-8-30-9-15(14)20;/h2-4,7,10-11,14-15,20-21,23,30,32H,5-6,8-9H2,1H3,(H,31,35);1H/t11-,14-,15+,20-;/m1./s1. The highest BCUT2D eigenvalue weighted by atomic mass is 35.5. The Kier molecular flexibility index (Phi) is 7.09. The summed E-state index contributed by atoms with van der Waals surface area (Å²) >= 11 is 0. The second-order valence-corrected chi connectivity index (χ2v) is 9.62. The van der Waals surface area contributed by atoms with Gasteiger partial charge in [0.1, 0.15) is 11.4 Å². The summed E-state index contributed by atoms with van der Waals surface area (Å²) in [5.41, 5.74) is -3.02. The number of alkyl halides is 4. The van der Waals surface area contributed by atoms with Gasteiger partial charge in [0, 0.05) is 37.0 Å². The van der Waals surface area contributed by atoms with Gasteiger partial charge in [-0.1, -0.05) is 18.2 Å². The summed E-state index contributed by atoms with van der Waals surface area (Å²) in [5, 5.41) is 9.02. The average molecular weight is 533 g/mol. The lowest BCUT2D eigenvalue weighted by Crippen LogP contribution is -2.37. The smallest absolute Gasteiger partial charge is 0.266 e. The molecule has 2 saturated carbocycles. The SMILES string of the molecule is C[C@@H](NC(=O)c1cn(C2(C(F)F)CC2)c(=O)cc1N[C@@H]1[C@@H]2CNC[C@@H]21)c1cccc(C(F)F)c1F.Cl. The number of carbonyl (C=O) groups excluding carboxylic acids is 1. The molecule has 12 heteroatoms. The summed E-state index contributed by atoms with van der Waals surface area (Å²) in [7, 11) is 0. The molecular formula is C24H26ClF5N4O2. The number of nitrogens with zero attached hydrogens (tertiary/aromatic N) is 1. The van der Waals surface area contributed by atoms with Gasteiger partial charge in [0.25, 0.3) is 24.3 Å². The molecule has 0 unspecified atom stereocenters. The fraction of sp³-hybridized carbons (Fsp3) is 0.500. The minimum atomic E-state index is -3.02. The van der Waals surface area contributed by atoms with Crippen molar-refractivity contribution in [3.8, 4) is 0 Å². The van der Waals surface area contributed by atoms with Crippen molar-refractivity contribution in [1.29, 1.82) is 0 Å². The van der Waals surface area contributed by atoms with Crippen molar-refractivity contribution < 1.29 is 26.7 Å². The van der Waals surface area contributed by atoms with Gasteiger partial charge < -0.3 is 20.5 Å². The number of benzene rings is 1. The maximum Gasteiger partial charge on any atom is 0.266 e. The van der Waals surface area contributed by atoms with E-state index in [9.17, 15) is 31.5 Å². The van der Waals surface area contributed by atoms with Crippen LogP contribution in [0.1, 0.15) is 53.7 Å². The number of piperidine rings is 1. The van der Waals surface area contributed by atoms with Gasteiger partial charge in [-0.15, -0.1) is 12.4 Å². The summed E-state index contributed by atoms with van der Waals surface area (Å²) < 4.78 is 69.2. The zero-order valence-electron chi connectivity index (χ0n) is 19.2. The molecule has 0 radical (unpaired) electrons. The highest BCUT2D eigenvalue weighted by Crippen LogP contribution is 2.48. The van der Waals surface area contributed by atoms with Crippen LogP contribution in [0.2, 0.25) is 0 Å². The van der Waals surface area contributed by atoms with Crippen molar-refractivity contribution in [1.82, 2.24) is 15.2 Å². The number of pyridine rings is 1. The van der Waals surface area contributed by atoms with Crippen LogP contribution in [0.4, 0.5) is 27.6 Å². The van der Waals surface area contributed by atoms with E-state index in [1.807, 2.05) is 0 Å². The molecule has 1 amide bonds. The number of hydrogen-bond donors (Lipinski definition) is 3. The van der Waals surface area contributed by atoms with E-state index in [1.165, 1.54) is 19.1 Å². The highest BCUT2D eigenvalue weighted by molar-refractivity contribution is 5.99. The molecule has 1 aromatic heterocycles. The normalized spacial score (nSPS) is 24.2. The van der Waals surface area contributed by atoms with Crippen LogP contribution in [-0.2, 0) is 5.54 Å². The van der Waals surface area contributed by atoms with Crippen LogP contribution in [0, 0.1) is 17.7 Å². The summed E-state index contributed by atoms with van der Waals surface area (Å²) in [5.74, 6) is -1.17. The molecule has 2 heterocycles. The van der Waals surface area contributed by atoms with Crippen molar-refractivity contribution in [2.75, 3.05) is 18.4 Å². The van der Waals surface area contributed by atoms with E-state index < -0.39 is 47.3 Å². The summed E-state index contributed by atoms with van der Waals surface area (Å²) in [6.07, 6.45) is -4.45. The predicted octanol–water partition coefficient (Wildman–Crippen LogP) is 4.22. The Hall–Kier alpha value is -2.66. The van der Waals surface area contributed by atoms with Gasteiger partial charge in [0.2, 0.25) is 0 Å². The number of nitrogens with one attached hydrogen (secondary N) is 3. The van der Waals surface area contributed by atoms with Crippen molar-refractivity contribution in [2.24, 2.45) is 11.8 Å². The van der Waals surface area contributed by atoms with Crippen LogP contribution >= 0.6 is 12.4 Å². The fourth-order valence-electron chi connectivity index (χ4n) is 5.11. The Bertz CT molecular complexity index is 1210. The van der Waals surface area contributed by atoms with E-state index in [1.54, 1.807) is 0 Å². The molecule has 36 heavy (non-hydrogen) atoms. The Morgan fingerprint density at radius 3 is 2.36 bits per heavy atom. The highest BCUT2D eigenvalue weighted by Gasteiger charge is 2.55. The number of halogens is 6. The Morgan fingerprint density at radius 2 is 1.78 bits per heavy atom. The first-order valence-corrected chi connectivity index (χ1v) is 11.5. The molecule has 1 saturated heterocycles. The number of amides is 1. The Labute approximate surface area is 210 Å². The van der Waals surface area contributed by atoms with Crippen molar-refractivity contribution in [3.63, 3.8) is 0 Å². The largest absolute Gasteiger partial charge is 0.381 e. The third-order valence-corrected chi connectivity index (χ3v) is 7.47. The van der Waals surface area contributed by atoms with Crippen LogP contribution < -0.4 is 21.5 Å². The third kappa shape index (κ3) is 4.47. The molecular weight excluding hydrogens is 507 g/mol. The molecule has 3 fully saturated rings. The van der Waals surface area contributed by atoms with E-state index in [2.05, 4.69) is 16.0 Å². The van der Waals surface area contributed by atoms with Gasteiger partial charge in [0.15, 0.2) is 0 Å². The second-order valence-electron chi connectivity index (χ2n) is 9.62. The molecule has 5 rings (SSSR count). The van der Waals surface area contributed by atoms with Gasteiger partial charge in [-0.3, -0.25) is 9.59 Å². The van der Waals surface area contributed by atoms with Gasteiger partial charge in [-0.25, -0.2) is 22.0 Å². The summed E-state index contributed by atoms with van der Waals surface area (Å²) in [4.78, 5) is 26.0. The van der Waals surface area contributed by atoms with Crippen LogP contribution in [-0.4, -0.2) is 36.0 Å². The third-order valence-electron chi connectivity index (χ3n) is 7.47. The van der Waals surface area contributed by atoms with Crippen LogP contribution in [0.5, 0.6) is 0 Å². The topological polar surface area (TPSA) is 75.2 Å². The zero-order chi connectivity index (χ0) is 25.1. The van der Waals surface area contributed by atoms with E-state index >= 15 is 0 Å².